The second-order valence-electron chi connectivity index (χ2n) is 6.62. The van der Waals surface area contributed by atoms with Gasteiger partial charge in [-0.3, -0.25) is 9.59 Å². The van der Waals surface area contributed by atoms with Crippen LogP contribution in [0.15, 0.2) is 42.6 Å². The smallest absolute Gasteiger partial charge is 0.310 e. The minimum absolute atomic E-state index is 0.0108. The maximum absolute atomic E-state index is 12.4. The first kappa shape index (κ1) is 15.0. The van der Waals surface area contributed by atoms with Crippen LogP contribution in [0, 0.1) is 23.7 Å². The van der Waals surface area contributed by atoms with Gasteiger partial charge in [-0.15, -0.1) is 0 Å². The van der Waals surface area contributed by atoms with Crippen molar-refractivity contribution >= 4 is 22.8 Å². The van der Waals surface area contributed by atoms with Crippen LogP contribution < -0.4 is 0 Å². The lowest BCUT2D eigenvalue weighted by Crippen LogP contribution is -2.34. The number of rotatable bonds is 5. The summed E-state index contributed by atoms with van der Waals surface area (Å²) < 4.78 is 5.43. The fraction of sp³-hybridized carbons (Fsp3) is 0.368. The molecule has 1 aromatic heterocycles. The van der Waals surface area contributed by atoms with Gasteiger partial charge in [-0.2, -0.15) is 0 Å². The third kappa shape index (κ3) is 2.40. The van der Waals surface area contributed by atoms with E-state index in [9.17, 15) is 14.7 Å². The zero-order valence-electron chi connectivity index (χ0n) is 13.1. The number of nitrogens with one attached hydrogen (secondary N) is 1. The number of fused-ring (bicyclic) bond motifs is 3. The topological polar surface area (TPSA) is 79.4 Å². The van der Waals surface area contributed by atoms with Crippen LogP contribution in [-0.2, 0) is 20.7 Å². The maximum Gasteiger partial charge on any atom is 0.310 e. The minimum atomic E-state index is -0.898. The van der Waals surface area contributed by atoms with Gasteiger partial charge in [0, 0.05) is 23.5 Å². The number of ether oxygens (including phenoxy) is 1. The van der Waals surface area contributed by atoms with E-state index in [4.69, 9.17) is 4.74 Å². The van der Waals surface area contributed by atoms with Gasteiger partial charge in [0.15, 0.2) is 0 Å². The fourth-order valence-corrected chi connectivity index (χ4v) is 4.18. The van der Waals surface area contributed by atoms with Gasteiger partial charge in [-0.25, -0.2) is 0 Å². The van der Waals surface area contributed by atoms with Gasteiger partial charge in [0.1, 0.15) is 0 Å². The summed E-state index contributed by atoms with van der Waals surface area (Å²) >= 11 is 0. The lowest BCUT2D eigenvalue weighted by molar-refractivity contribution is -0.158. The Labute approximate surface area is 139 Å². The molecule has 0 spiro atoms. The second-order valence-corrected chi connectivity index (χ2v) is 6.62. The molecule has 0 radical (unpaired) electrons. The van der Waals surface area contributed by atoms with E-state index in [1.165, 1.54) is 0 Å². The summed E-state index contributed by atoms with van der Waals surface area (Å²) in [6.07, 6.45) is 7.19. The van der Waals surface area contributed by atoms with Crippen LogP contribution in [0.25, 0.3) is 10.9 Å². The van der Waals surface area contributed by atoms with Crippen LogP contribution in [-0.4, -0.2) is 28.6 Å². The van der Waals surface area contributed by atoms with Gasteiger partial charge in [-0.05, 0) is 29.9 Å². The van der Waals surface area contributed by atoms with Gasteiger partial charge in [0.25, 0.3) is 0 Å². The van der Waals surface area contributed by atoms with Crippen LogP contribution in [0.3, 0.4) is 0 Å². The van der Waals surface area contributed by atoms with Crippen molar-refractivity contribution in [2.24, 2.45) is 23.7 Å². The highest BCUT2D eigenvalue weighted by Gasteiger charge is 2.52. The standard InChI is InChI=1S/C19H19NO4/c21-18(22)16-11-5-6-12(9-11)17(16)19(23)24-8-7-13-10-20-15-4-2-1-3-14(13)15/h1-6,10-12,16-17,20H,7-9H2,(H,21,22). The van der Waals surface area contributed by atoms with Gasteiger partial charge < -0.3 is 14.8 Å². The predicted molar refractivity (Wildman–Crippen MR) is 88.3 cm³/mol. The average molecular weight is 325 g/mol. The molecular weight excluding hydrogens is 306 g/mol. The number of esters is 1. The molecular formula is C19H19NO4. The minimum Gasteiger partial charge on any atom is -0.481 e. The molecule has 2 bridgehead atoms. The number of aliphatic carboxylic acids is 1. The molecule has 2 aliphatic rings. The van der Waals surface area contributed by atoms with E-state index in [1.54, 1.807) is 0 Å². The summed E-state index contributed by atoms with van der Waals surface area (Å²) in [5.41, 5.74) is 2.16. The molecule has 1 saturated carbocycles. The van der Waals surface area contributed by atoms with Gasteiger partial charge in [0.05, 0.1) is 18.4 Å². The van der Waals surface area contributed by atoms with Crippen molar-refractivity contribution in [2.45, 2.75) is 12.8 Å². The predicted octanol–water partition coefficient (Wildman–Crippen LogP) is 2.78. The zero-order chi connectivity index (χ0) is 16.7. The number of benzene rings is 1. The van der Waals surface area contributed by atoms with Crippen LogP contribution in [0.5, 0.6) is 0 Å². The van der Waals surface area contributed by atoms with Crippen LogP contribution in [0.4, 0.5) is 0 Å². The number of carbonyl (C=O) groups excluding carboxylic acids is 1. The Morgan fingerprint density at radius 2 is 1.92 bits per heavy atom. The van der Waals surface area contributed by atoms with E-state index in [2.05, 4.69) is 4.98 Å². The van der Waals surface area contributed by atoms with Crippen molar-refractivity contribution < 1.29 is 19.4 Å². The Hall–Kier alpha value is -2.56. The Bertz CT molecular complexity index is 822. The van der Waals surface area contributed by atoms with Crippen LogP contribution >= 0.6 is 0 Å². The quantitative estimate of drug-likeness (QED) is 0.654. The molecule has 1 heterocycles. The Morgan fingerprint density at radius 3 is 2.71 bits per heavy atom. The molecule has 5 nitrogen and oxygen atoms in total. The lowest BCUT2D eigenvalue weighted by atomic mass is 9.83. The van der Waals surface area contributed by atoms with Crippen LogP contribution in [0.2, 0.25) is 0 Å². The zero-order valence-corrected chi connectivity index (χ0v) is 13.1. The third-order valence-corrected chi connectivity index (χ3v) is 5.31. The first-order valence-electron chi connectivity index (χ1n) is 8.28. The molecule has 5 heteroatoms. The number of aromatic nitrogens is 1. The number of carboxylic acid groups (broad SMARTS) is 1. The molecule has 0 aliphatic heterocycles. The number of H-pyrrole nitrogens is 1. The molecule has 4 rings (SSSR count). The molecule has 0 saturated heterocycles. The van der Waals surface area contributed by atoms with Crippen molar-refractivity contribution in [3.05, 3.63) is 48.2 Å². The summed E-state index contributed by atoms with van der Waals surface area (Å²) in [6.45, 7) is 0.268. The van der Waals surface area contributed by atoms with E-state index in [-0.39, 0.29) is 24.4 Å². The largest absolute Gasteiger partial charge is 0.481 e. The molecule has 2 aromatic rings. The normalized spacial score (nSPS) is 27.7. The first-order valence-corrected chi connectivity index (χ1v) is 8.28. The average Bonchev–Trinajstić information content (AvgIpc) is 3.28. The van der Waals surface area contributed by atoms with Gasteiger partial charge >= 0.3 is 11.9 Å². The number of para-hydroxylation sites is 1. The Morgan fingerprint density at radius 1 is 1.17 bits per heavy atom. The number of carboxylic acids is 1. The van der Waals surface area contributed by atoms with Crippen molar-refractivity contribution in [3.8, 4) is 0 Å². The monoisotopic (exact) mass is 325 g/mol. The van der Waals surface area contributed by atoms with E-state index in [0.29, 0.717) is 6.42 Å². The summed E-state index contributed by atoms with van der Waals surface area (Å²) in [5, 5.41) is 10.5. The number of allylic oxidation sites excluding steroid dienone is 2. The summed E-state index contributed by atoms with van der Waals surface area (Å²) in [7, 11) is 0. The van der Waals surface area contributed by atoms with Gasteiger partial charge in [0.2, 0.25) is 0 Å². The molecule has 1 aromatic carbocycles. The molecule has 4 atom stereocenters. The number of hydrogen-bond donors (Lipinski definition) is 2. The van der Waals surface area contributed by atoms with Gasteiger partial charge in [-0.1, -0.05) is 30.4 Å². The van der Waals surface area contributed by atoms with Crippen molar-refractivity contribution in [2.75, 3.05) is 6.61 Å². The highest BCUT2D eigenvalue weighted by molar-refractivity contribution is 5.84. The summed E-state index contributed by atoms with van der Waals surface area (Å²) in [6, 6.07) is 7.98. The molecule has 0 amide bonds. The number of carbonyl (C=O) groups is 2. The van der Waals surface area contributed by atoms with E-state index < -0.39 is 17.8 Å². The molecule has 124 valence electrons. The SMILES string of the molecule is O=C(O)C1C2C=CC(C2)C1C(=O)OCCc1c[nH]c2ccccc12. The first-order chi connectivity index (χ1) is 11.6. The van der Waals surface area contributed by atoms with E-state index in [1.807, 2.05) is 42.6 Å². The summed E-state index contributed by atoms with van der Waals surface area (Å²) in [4.78, 5) is 27.1. The third-order valence-electron chi connectivity index (χ3n) is 5.31. The molecule has 24 heavy (non-hydrogen) atoms. The van der Waals surface area contributed by atoms with Crippen LogP contribution in [0.1, 0.15) is 12.0 Å². The highest BCUT2D eigenvalue weighted by atomic mass is 16.5. The Balaban J connectivity index is 1.40. The van der Waals surface area contributed by atoms with Crippen molar-refractivity contribution in [1.29, 1.82) is 0 Å². The second kappa shape index (κ2) is 5.82. The molecule has 2 aliphatic carbocycles. The van der Waals surface area contributed by atoms with E-state index in [0.717, 1.165) is 22.9 Å². The number of hydrogen-bond acceptors (Lipinski definition) is 3. The number of aromatic amines is 1. The summed E-state index contributed by atoms with van der Waals surface area (Å²) in [5.74, 6) is -2.47. The lowest BCUT2D eigenvalue weighted by Gasteiger charge is -2.23. The highest BCUT2D eigenvalue weighted by Crippen LogP contribution is 2.48. The maximum atomic E-state index is 12.4. The van der Waals surface area contributed by atoms with Crippen molar-refractivity contribution in [1.82, 2.24) is 4.98 Å². The fourth-order valence-electron chi connectivity index (χ4n) is 4.18. The van der Waals surface area contributed by atoms with Crippen molar-refractivity contribution in [3.63, 3.8) is 0 Å². The molecule has 4 unspecified atom stereocenters. The molecule has 1 fully saturated rings. The molecule has 2 N–H and O–H groups in total. The Kier molecular flexibility index (Phi) is 3.63. The van der Waals surface area contributed by atoms with E-state index >= 15 is 0 Å².